The number of thiophene rings is 1. The Balaban J connectivity index is 1.01. The smallest absolute Gasteiger partial charge is 0.157 e. The lowest BCUT2D eigenvalue weighted by molar-refractivity contribution is 0.707. The van der Waals surface area contributed by atoms with Crippen molar-refractivity contribution in [2.75, 3.05) is 0 Å². The van der Waals surface area contributed by atoms with E-state index in [0.29, 0.717) is 11.7 Å². The number of aromatic nitrogens is 2. The van der Waals surface area contributed by atoms with E-state index in [1.165, 1.54) is 63.8 Å². The van der Waals surface area contributed by atoms with Crippen molar-refractivity contribution in [2.24, 2.45) is 15.7 Å². The first kappa shape index (κ1) is 42.3. The van der Waals surface area contributed by atoms with Crippen LogP contribution in [-0.4, -0.2) is 20.8 Å². The van der Waals surface area contributed by atoms with E-state index < -0.39 is 0 Å². The molecule has 13 aromatic rings. The van der Waals surface area contributed by atoms with Gasteiger partial charge < -0.3 is 14.9 Å². The van der Waals surface area contributed by atoms with Gasteiger partial charge >= 0.3 is 0 Å². The van der Waals surface area contributed by atoms with Gasteiger partial charge in [0.1, 0.15) is 5.84 Å². The maximum absolute atomic E-state index is 6.74. The average Bonchev–Trinajstić information content (AvgIpc) is 4.09. The molecule has 0 radical (unpaired) electrons. The summed E-state index contributed by atoms with van der Waals surface area (Å²) in [5.74, 6) is 1.05. The number of nitrogens with two attached hydrogens (primary N) is 1. The Bertz CT molecular complexity index is 4200. The van der Waals surface area contributed by atoms with E-state index in [4.69, 9.17) is 15.7 Å². The molecule has 0 aliphatic carbocycles. The molecule has 0 amide bonds. The predicted molar refractivity (Wildman–Crippen MR) is 302 cm³/mol. The van der Waals surface area contributed by atoms with Crippen molar-refractivity contribution in [3.8, 4) is 33.6 Å². The number of rotatable bonds is 9. The highest BCUT2D eigenvalue weighted by Crippen LogP contribution is 2.46. The molecule has 10 aromatic carbocycles. The molecule has 6 heteroatoms. The zero-order valence-electron chi connectivity index (χ0n) is 39.1. The number of para-hydroxylation sites is 3. The van der Waals surface area contributed by atoms with Gasteiger partial charge in [0.2, 0.25) is 0 Å². The van der Waals surface area contributed by atoms with E-state index in [1.54, 1.807) is 0 Å². The first-order chi connectivity index (χ1) is 35.1. The summed E-state index contributed by atoms with van der Waals surface area (Å²) >= 11 is 1.84. The van der Waals surface area contributed by atoms with Gasteiger partial charge in [-0.25, -0.2) is 4.99 Å². The first-order valence-corrected chi connectivity index (χ1v) is 25.1. The third-order valence-corrected chi connectivity index (χ3v) is 15.2. The quantitative estimate of drug-likeness (QED) is 0.114. The van der Waals surface area contributed by atoms with E-state index in [1.807, 2.05) is 59.9 Å². The Kier molecular flexibility index (Phi) is 10.5. The van der Waals surface area contributed by atoms with Crippen molar-refractivity contribution in [1.82, 2.24) is 9.13 Å². The van der Waals surface area contributed by atoms with E-state index in [-0.39, 0.29) is 6.04 Å². The van der Waals surface area contributed by atoms with Crippen LogP contribution in [0.5, 0.6) is 0 Å². The fourth-order valence-electron chi connectivity index (χ4n) is 10.7. The van der Waals surface area contributed by atoms with E-state index in [9.17, 15) is 0 Å². The molecule has 0 bridgehead atoms. The van der Waals surface area contributed by atoms with Crippen LogP contribution >= 0.6 is 11.3 Å². The van der Waals surface area contributed by atoms with Crippen molar-refractivity contribution < 1.29 is 0 Å². The maximum Gasteiger partial charge on any atom is 0.157 e. The van der Waals surface area contributed by atoms with E-state index >= 15 is 0 Å². The Morgan fingerprint density at radius 3 is 1.66 bits per heavy atom. The highest BCUT2D eigenvalue weighted by atomic mass is 32.1. The van der Waals surface area contributed by atoms with Gasteiger partial charge in [-0.15, -0.1) is 11.3 Å². The van der Waals surface area contributed by atoms with Gasteiger partial charge in [0.15, 0.2) is 5.84 Å². The Hall–Kier alpha value is -8.84. The Labute approximate surface area is 415 Å². The number of benzene rings is 10. The fraction of sp³-hybridized carbons (Fsp3) is 0.0462. The summed E-state index contributed by atoms with van der Waals surface area (Å²) in [5, 5.41) is 7.39. The summed E-state index contributed by atoms with van der Waals surface area (Å²) in [7, 11) is 0. The maximum atomic E-state index is 6.74. The minimum absolute atomic E-state index is 0.204. The summed E-state index contributed by atoms with van der Waals surface area (Å²) < 4.78 is 7.35. The minimum Gasteiger partial charge on any atom is -0.383 e. The van der Waals surface area contributed by atoms with Crippen LogP contribution in [0.1, 0.15) is 36.1 Å². The number of aliphatic imine (C=N–C) groups is 2. The monoisotopic (exact) mass is 929 g/mol. The molecule has 71 heavy (non-hydrogen) atoms. The molecule has 0 aliphatic heterocycles. The van der Waals surface area contributed by atoms with Crippen LogP contribution < -0.4 is 5.73 Å². The molecule has 0 spiro atoms. The van der Waals surface area contributed by atoms with Crippen molar-refractivity contribution >= 4 is 86.8 Å². The molecule has 1 unspecified atom stereocenters. The minimum atomic E-state index is -0.204. The molecule has 3 heterocycles. The highest BCUT2D eigenvalue weighted by Gasteiger charge is 2.23. The third kappa shape index (κ3) is 7.31. The normalized spacial score (nSPS) is 12.8. The number of hydrogen-bond acceptors (Lipinski definition) is 2. The number of hydrogen-bond donors (Lipinski definition) is 1. The number of fused-ring (bicyclic) bond motifs is 9. The largest absolute Gasteiger partial charge is 0.383 e. The predicted octanol–water partition coefficient (Wildman–Crippen LogP) is 16.9. The van der Waals surface area contributed by atoms with Gasteiger partial charge in [0.25, 0.3) is 0 Å². The summed E-state index contributed by atoms with van der Waals surface area (Å²) in [5.41, 5.74) is 21.3. The lowest BCUT2D eigenvalue weighted by Gasteiger charge is -2.18. The van der Waals surface area contributed by atoms with Crippen LogP contribution in [-0.2, 0) is 0 Å². The van der Waals surface area contributed by atoms with Crippen molar-refractivity contribution in [1.29, 1.82) is 0 Å². The number of amidine groups is 2. The molecular weight excluding hydrogens is 883 g/mol. The molecule has 1 atom stereocenters. The second-order valence-corrected chi connectivity index (χ2v) is 19.2. The number of nitrogens with zero attached hydrogens (tertiary/aromatic N) is 4. The van der Waals surface area contributed by atoms with Gasteiger partial charge in [-0.3, -0.25) is 4.99 Å². The van der Waals surface area contributed by atoms with Gasteiger partial charge in [-0.1, -0.05) is 177 Å². The topological polar surface area (TPSA) is 60.6 Å². The van der Waals surface area contributed by atoms with Crippen molar-refractivity contribution in [3.05, 3.63) is 253 Å². The molecule has 0 aliphatic rings. The molecule has 13 rings (SSSR count). The zero-order chi connectivity index (χ0) is 47.4. The average molecular weight is 930 g/mol. The standard InChI is InChI=1S/C65H47N5S/c1-2-57(67-65(43-23-9-4-10-24-43)68-64(66)42-21-7-3-8-22-42)56-38-45(37-55-52-32-18-20-34-62(52)71-63(55)56)49-30-16-15-29-48(49)44-35-36-51-54-40-53-50-31-17-19-33-58(50)69(46-25-11-5-12-26-46)60(53)41-61(54)70(59(51)39-44)47-27-13-6-14-28-47/h3-41,57H,2H2,1H3,(H2,66,67,68). The fourth-order valence-corrected chi connectivity index (χ4v) is 11.9. The Morgan fingerprint density at radius 1 is 0.451 bits per heavy atom. The molecule has 5 nitrogen and oxygen atoms in total. The molecular formula is C65H47N5S. The SMILES string of the molecule is CCC(/N=C(\N=C(/N)c1ccccc1)c1ccccc1)c1cc(-c2ccccc2-c2ccc3c4cc5c6ccccc6n(-c6ccccc6)c5cc4n(-c4ccccc4)c3c2)cc2c1sc1ccccc12. The summed E-state index contributed by atoms with van der Waals surface area (Å²) in [6.45, 7) is 2.22. The summed E-state index contributed by atoms with van der Waals surface area (Å²) in [6.07, 6.45) is 0.768. The van der Waals surface area contributed by atoms with E-state index in [2.05, 4.69) is 204 Å². The van der Waals surface area contributed by atoms with Crippen LogP contribution in [0.2, 0.25) is 0 Å². The molecule has 2 N–H and O–H groups in total. The molecule has 338 valence electrons. The molecule has 0 saturated heterocycles. The van der Waals surface area contributed by atoms with Gasteiger partial charge in [-0.05, 0) is 101 Å². The van der Waals surface area contributed by atoms with Crippen molar-refractivity contribution in [2.45, 2.75) is 19.4 Å². The van der Waals surface area contributed by atoms with Gasteiger partial charge in [-0.2, -0.15) is 0 Å². The van der Waals surface area contributed by atoms with Crippen LogP contribution in [0.25, 0.3) is 97.4 Å². The molecule has 3 aromatic heterocycles. The lowest BCUT2D eigenvalue weighted by atomic mass is 9.90. The second-order valence-electron chi connectivity index (χ2n) is 18.2. The molecule has 0 fully saturated rings. The van der Waals surface area contributed by atoms with Gasteiger partial charge in [0.05, 0.1) is 28.1 Å². The van der Waals surface area contributed by atoms with E-state index in [0.717, 1.165) is 56.7 Å². The van der Waals surface area contributed by atoms with Crippen molar-refractivity contribution in [3.63, 3.8) is 0 Å². The van der Waals surface area contributed by atoms with Crippen LogP contribution in [0, 0.1) is 0 Å². The summed E-state index contributed by atoms with van der Waals surface area (Å²) in [6, 6.07) is 84.5. The lowest BCUT2D eigenvalue weighted by Crippen LogP contribution is -2.16. The van der Waals surface area contributed by atoms with Gasteiger partial charge in [0, 0.05) is 64.2 Å². The second kappa shape index (κ2) is 17.6. The Morgan fingerprint density at radius 2 is 0.986 bits per heavy atom. The van der Waals surface area contributed by atoms with Crippen LogP contribution in [0.15, 0.2) is 247 Å². The van der Waals surface area contributed by atoms with Crippen LogP contribution in [0.3, 0.4) is 0 Å². The highest BCUT2D eigenvalue weighted by molar-refractivity contribution is 7.26. The third-order valence-electron chi connectivity index (χ3n) is 14.0. The first-order valence-electron chi connectivity index (χ1n) is 24.3. The van der Waals surface area contributed by atoms with Crippen LogP contribution in [0.4, 0.5) is 0 Å². The zero-order valence-corrected chi connectivity index (χ0v) is 39.9. The molecule has 0 saturated carbocycles. The summed E-state index contributed by atoms with van der Waals surface area (Å²) in [4.78, 5) is 10.6.